The van der Waals surface area contributed by atoms with Crippen molar-refractivity contribution >= 4 is 38.3 Å². The predicted molar refractivity (Wildman–Crippen MR) is 78.4 cm³/mol. The molecular formula is C14H11N3OS. The fraction of sp³-hybridized carbons (Fsp3) is 0. The van der Waals surface area contributed by atoms with Gasteiger partial charge < -0.3 is 5.73 Å². The number of hydrogen-bond acceptors (Lipinski definition) is 4. The van der Waals surface area contributed by atoms with Gasteiger partial charge in [0.15, 0.2) is 5.13 Å². The fourth-order valence-corrected chi connectivity index (χ4v) is 2.65. The number of rotatable bonds is 2. The minimum Gasteiger partial charge on any atom is -0.398 e. The van der Waals surface area contributed by atoms with Crippen LogP contribution in [-0.4, -0.2) is 10.9 Å². The van der Waals surface area contributed by atoms with Crippen LogP contribution in [0.5, 0.6) is 0 Å². The van der Waals surface area contributed by atoms with Crippen molar-refractivity contribution in [2.75, 3.05) is 11.1 Å². The topological polar surface area (TPSA) is 68.0 Å². The summed E-state index contributed by atoms with van der Waals surface area (Å²) in [6.07, 6.45) is 0. The van der Waals surface area contributed by atoms with Crippen molar-refractivity contribution in [2.45, 2.75) is 0 Å². The van der Waals surface area contributed by atoms with Gasteiger partial charge in [0.2, 0.25) is 0 Å². The van der Waals surface area contributed by atoms with Crippen LogP contribution in [0, 0.1) is 0 Å². The third-order valence-corrected chi connectivity index (χ3v) is 3.67. The molecule has 94 valence electrons. The van der Waals surface area contributed by atoms with Crippen LogP contribution in [0.3, 0.4) is 0 Å². The molecule has 0 radical (unpaired) electrons. The lowest BCUT2D eigenvalue weighted by atomic mass is 10.2. The Labute approximate surface area is 113 Å². The summed E-state index contributed by atoms with van der Waals surface area (Å²) < 4.78 is 1.04. The SMILES string of the molecule is Nc1ccccc1C(=O)Nc1nc2ccccc2s1. The summed E-state index contributed by atoms with van der Waals surface area (Å²) in [6.45, 7) is 0. The molecule has 0 aliphatic carbocycles. The van der Waals surface area contributed by atoms with Crippen molar-refractivity contribution in [3.05, 3.63) is 54.1 Å². The highest BCUT2D eigenvalue weighted by Gasteiger charge is 2.11. The monoisotopic (exact) mass is 269 g/mol. The summed E-state index contributed by atoms with van der Waals surface area (Å²) in [5, 5.41) is 3.36. The third-order valence-electron chi connectivity index (χ3n) is 2.72. The van der Waals surface area contributed by atoms with Gasteiger partial charge in [-0.1, -0.05) is 35.6 Å². The Morgan fingerprint density at radius 3 is 2.63 bits per heavy atom. The second kappa shape index (κ2) is 4.70. The van der Waals surface area contributed by atoms with E-state index in [0.29, 0.717) is 16.4 Å². The number of amides is 1. The first-order valence-electron chi connectivity index (χ1n) is 5.75. The standard InChI is InChI=1S/C14H11N3OS/c15-10-6-2-1-5-9(10)13(18)17-14-16-11-7-3-4-8-12(11)19-14/h1-8H,15H2,(H,16,17,18). The maximum Gasteiger partial charge on any atom is 0.259 e. The number of aromatic nitrogens is 1. The molecule has 0 aliphatic heterocycles. The van der Waals surface area contributed by atoms with Crippen molar-refractivity contribution in [1.82, 2.24) is 4.98 Å². The summed E-state index contributed by atoms with van der Waals surface area (Å²) in [5.41, 5.74) is 7.57. The van der Waals surface area contributed by atoms with Gasteiger partial charge in [0, 0.05) is 5.69 Å². The van der Waals surface area contributed by atoms with Crippen LogP contribution in [0.2, 0.25) is 0 Å². The van der Waals surface area contributed by atoms with Gasteiger partial charge in [-0.25, -0.2) is 4.98 Å². The highest BCUT2D eigenvalue weighted by atomic mass is 32.1. The van der Waals surface area contributed by atoms with Gasteiger partial charge >= 0.3 is 0 Å². The number of anilines is 2. The lowest BCUT2D eigenvalue weighted by Crippen LogP contribution is -2.13. The van der Waals surface area contributed by atoms with E-state index in [1.54, 1.807) is 24.3 Å². The molecule has 3 aromatic rings. The Morgan fingerprint density at radius 2 is 1.84 bits per heavy atom. The first-order chi connectivity index (χ1) is 9.24. The van der Waals surface area contributed by atoms with Gasteiger partial charge in [-0.15, -0.1) is 0 Å². The first kappa shape index (κ1) is 11.7. The largest absolute Gasteiger partial charge is 0.398 e. The van der Waals surface area contributed by atoms with Gasteiger partial charge in [0.05, 0.1) is 15.8 Å². The molecule has 1 amide bonds. The molecule has 5 heteroatoms. The number of hydrogen-bond donors (Lipinski definition) is 2. The van der Waals surface area contributed by atoms with Crippen LogP contribution in [0.4, 0.5) is 10.8 Å². The van der Waals surface area contributed by atoms with Gasteiger partial charge in [0.25, 0.3) is 5.91 Å². The van der Waals surface area contributed by atoms with Crippen molar-refractivity contribution in [1.29, 1.82) is 0 Å². The quantitative estimate of drug-likeness (QED) is 0.702. The van der Waals surface area contributed by atoms with Gasteiger partial charge in [-0.3, -0.25) is 10.1 Å². The summed E-state index contributed by atoms with van der Waals surface area (Å²) in [7, 11) is 0. The van der Waals surface area contributed by atoms with E-state index in [1.165, 1.54) is 11.3 Å². The smallest absolute Gasteiger partial charge is 0.259 e. The molecule has 19 heavy (non-hydrogen) atoms. The summed E-state index contributed by atoms with van der Waals surface area (Å²) >= 11 is 1.44. The predicted octanol–water partition coefficient (Wildman–Crippen LogP) is 3.13. The number of carbonyl (C=O) groups is 1. The average molecular weight is 269 g/mol. The number of para-hydroxylation sites is 2. The molecule has 0 fully saturated rings. The number of nitrogens with one attached hydrogen (secondary N) is 1. The second-order valence-electron chi connectivity index (χ2n) is 4.03. The van der Waals surface area contributed by atoms with E-state index in [2.05, 4.69) is 10.3 Å². The number of nitrogen functional groups attached to an aromatic ring is 1. The number of carbonyl (C=O) groups excluding carboxylic acids is 1. The normalized spacial score (nSPS) is 10.5. The molecule has 0 bridgehead atoms. The molecule has 0 spiro atoms. The van der Waals surface area contributed by atoms with Gasteiger partial charge in [-0.05, 0) is 24.3 Å². The van der Waals surface area contributed by atoms with Crippen LogP contribution in [0.1, 0.15) is 10.4 Å². The van der Waals surface area contributed by atoms with Crippen molar-refractivity contribution in [2.24, 2.45) is 0 Å². The van der Waals surface area contributed by atoms with Crippen LogP contribution in [0.15, 0.2) is 48.5 Å². The number of benzene rings is 2. The van der Waals surface area contributed by atoms with Crippen LogP contribution in [0.25, 0.3) is 10.2 Å². The van der Waals surface area contributed by atoms with Crippen molar-refractivity contribution < 1.29 is 4.79 Å². The number of fused-ring (bicyclic) bond motifs is 1. The van der Waals surface area contributed by atoms with E-state index >= 15 is 0 Å². The Hall–Kier alpha value is -2.40. The average Bonchev–Trinajstić information content (AvgIpc) is 2.81. The van der Waals surface area contributed by atoms with Crippen LogP contribution in [-0.2, 0) is 0 Å². The van der Waals surface area contributed by atoms with Crippen molar-refractivity contribution in [3.63, 3.8) is 0 Å². The summed E-state index contributed by atoms with van der Waals surface area (Å²) in [4.78, 5) is 16.4. The molecule has 0 saturated carbocycles. The molecule has 0 atom stereocenters. The minimum atomic E-state index is -0.239. The van der Waals surface area contributed by atoms with E-state index < -0.39 is 0 Å². The molecule has 3 N–H and O–H groups in total. The molecule has 0 aliphatic rings. The fourth-order valence-electron chi connectivity index (χ4n) is 1.79. The highest BCUT2D eigenvalue weighted by Crippen LogP contribution is 2.26. The zero-order valence-electron chi connectivity index (χ0n) is 9.96. The molecule has 3 rings (SSSR count). The van der Waals surface area contributed by atoms with Gasteiger partial charge in [-0.2, -0.15) is 0 Å². The van der Waals surface area contributed by atoms with E-state index in [-0.39, 0.29) is 5.91 Å². The van der Waals surface area contributed by atoms with Gasteiger partial charge in [0.1, 0.15) is 0 Å². The third kappa shape index (κ3) is 2.28. The van der Waals surface area contributed by atoms with E-state index in [1.807, 2.05) is 24.3 Å². The highest BCUT2D eigenvalue weighted by molar-refractivity contribution is 7.22. The lowest BCUT2D eigenvalue weighted by molar-refractivity contribution is 0.102. The first-order valence-corrected chi connectivity index (χ1v) is 6.57. The lowest BCUT2D eigenvalue weighted by Gasteiger charge is -2.04. The Balaban J connectivity index is 1.89. The molecule has 2 aromatic carbocycles. The Bertz CT molecular complexity index is 718. The van der Waals surface area contributed by atoms with E-state index in [9.17, 15) is 4.79 Å². The summed E-state index contributed by atoms with van der Waals surface area (Å²) in [5.74, 6) is -0.239. The molecule has 4 nitrogen and oxygen atoms in total. The molecule has 0 saturated heterocycles. The van der Waals surface area contributed by atoms with E-state index in [4.69, 9.17) is 5.73 Å². The second-order valence-corrected chi connectivity index (χ2v) is 5.06. The zero-order valence-corrected chi connectivity index (χ0v) is 10.8. The van der Waals surface area contributed by atoms with E-state index in [0.717, 1.165) is 10.2 Å². The number of nitrogens with two attached hydrogens (primary N) is 1. The summed E-state index contributed by atoms with van der Waals surface area (Å²) in [6, 6.07) is 14.7. The molecule has 1 heterocycles. The van der Waals surface area contributed by atoms with Crippen LogP contribution >= 0.6 is 11.3 Å². The maximum absolute atomic E-state index is 12.1. The molecule has 1 aromatic heterocycles. The minimum absolute atomic E-state index is 0.239. The van der Waals surface area contributed by atoms with Crippen LogP contribution < -0.4 is 11.1 Å². The molecule has 0 unspecified atom stereocenters. The van der Waals surface area contributed by atoms with Crippen molar-refractivity contribution in [3.8, 4) is 0 Å². The Kier molecular flexibility index (Phi) is 2.89. The number of nitrogens with zero attached hydrogens (tertiary/aromatic N) is 1. The molecular weight excluding hydrogens is 258 g/mol. The number of thiazole rings is 1. The zero-order chi connectivity index (χ0) is 13.2. The Morgan fingerprint density at radius 1 is 1.11 bits per heavy atom. The maximum atomic E-state index is 12.1.